The summed E-state index contributed by atoms with van der Waals surface area (Å²) in [5.74, 6) is 0.713. The standard InChI is InChI=1S/C17H18ClN5O/c1-11-3-2-4-14(18)15(11)22-9-12-7-20-10-21-16(12)23(17(22)24)13-5-6-19-8-13/h2-4,7,10,13,19H,5-6,8-9H2,1H3. The van der Waals surface area contributed by atoms with E-state index in [9.17, 15) is 4.79 Å². The fourth-order valence-corrected chi connectivity index (χ4v) is 3.79. The van der Waals surface area contributed by atoms with Gasteiger partial charge in [-0.2, -0.15) is 0 Å². The van der Waals surface area contributed by atoms with Crippen LogP contribution in [0.15, 0.2) is 30.7 Å². The summed E-state index contributed by atoms with van der Waals surface area (Å²) < 4.78 is 0. The molecule has 3 heterocycles. The van der Waals surface area contributed by atoms with Crippen LogP contribution in [0.4, 0.5) is 16.3 Å². The molecule has 2 aliphatic heterocycles. The highest BCUT2D eigenvalue weighted by atomic mass is 35.5. The summed E-state index contributed by atoms with van der Waals surface area (Å²) in [5.41, 5.74) is 2.67. The van der Waals surface area contributed by atoms with Gasteiger partial charge in [0, 0.05) is 18.3 Å². The second kappa shape index (κ2) is 6.03. The fraction of sp³-hybridized carbons (Fsp3) is 0.353. The zero-order valence-electron chi connectivity index (χ0n) is 13.4. The average Bonchev–Trinajstić information content (AvgIpc) is 3.09. The van der Waals surface area contributed by atoms with E-state index in [4.69, 9.17) is 11.6 Å². The largest absolute Gasteiger partial charge is 0.330 e. The highest BCUT2D eigenvalue weighted by Crippen LogP contribution is 2.37. The van der Waals surface area contributed by atoms with Crippen LogP contribution < -0.4 is 15.1 Å². The minimum atomic E-state index is -0.0777. The van der Waals surface area contributed by atoms with Crippen molar-refractivity contribution in [2.24, 2.45) is 0 Å². The molecule has 6 nitrogen and oxygen atoms in total. The minimum Gasteiger partial charge on any atom is -0.315 e. The SMILES string of the molecule is Cc1cccc(Cl)c1N1Cc2cncnc2N(C2CCNC2)C1=O. The molecule has 1 saturated heterocycles. The molecule has 4 rings (SSSR count). The summed E-state index contributed by atoms with van der Waals surface area (Å²) in [6, 6.07) is 5.69. The molecule has 24 heavy (non-hydrogen) atoms. The van der Waals surface area contributed by atoms with E-state index >= 15 is 0 Å². The topological polar surface area (TPSA) is 61.4 Å². The number of rotatable bonds is 2. The Kier molecular flexibility index (Phi) is 3.86. The van der Waals surface area contributed by atoms with Crippen LogP contribution in [0.1, 0.15) is 17.5 Å². The Morgan fingerprint density at radius 2 is 2.25 bits per heavy atom. The molecule has 1 N–H and O–H groups in total. The molecule has 2 aliphatic rings. The molecule has 0 radical (unpaired) electrons. The Balaban J connectivity index is 1.82. The number of halogens is 1. The number of urea groups is 1. The van der Waals surface area contributed by atoms with Gasteiger partial charge in [-0.05, 0) is 31.5 Å². The van der Waals surface area contributed by atoms with Gasteiger partial charge in [0.05, 0.1) is 23.3 Å². The van der Waals surface area contributed by atoms with Crippen molar-refractivity contribution in [3.63, 3.8) is 0 Å². The summed E-state index contributed by atoms with van der Waals surface area (Å²) in [6.07, 6.45) is 4.19. The summed E-state index contributed by atoms with van der Waals surface area (Å²) in [5, 5.41) is 3.89. The number of aryl methyl sites for hydroxylation is 1. The molecule has 0 saturated carbocycles. The molecule has 1 fully saturated rings. The van der Waals surface area contributed by atoms with Gasteiger partial charge in [-0.1, -0.05) is 23.7 Å². The molecule has 1 aromatic heterocycles. The summed E-state index contributed by atoms with van der Waals surface area (Å²) >= 11 is 6.41. The molecule has 1 unspecified atom stereocenters. The number of nitrogens with one attached hydrogen (secondary N) is 1. The van der Waals surface area contributed by atoms with Gasteiger partial charge in [-0.15, -0.1) is 0 Å². The van der Waals surface area contributed by atoms with E-state index in [1.54, 1.807) is 16.0 Å². The first-order valence-corrected chi connectivity index (χ1v) is 8.40. The van der Waals surface area contributed by atoms with Crippen LogP contribution in [0.3, 0.4) is 0 Å². The minimum absolute atomic E-state index is 0.0777. The Morgan fingerprint density at radius 1 is 1.38 bits per heavy atom. The lowest BCUT2D eigenvalue weighted by molar-refractivity contribution is 0.247. The number of amides is 2. The number of hydrogen-bond donors (Lipinski definition) is 1. The van der Waals surface area contributed by atoms with Crippen molar-refractivity contribution < 1.29 is 4.79 Å². The lowest BCUT2D eigenvalue weighted by Gasteiger charge is -2.39. The van der Waals surface area contributed by atoms with Crippen molar-refractivity contribution in [3.8, 4) is 0 Å². The number of aromatic nitrogens is 2. The molecule has 124 valence electrons. The van der Waals surface area contributed by atoms with E-state index in [1.807, 2.05) is 25.1 Å². The predicted octanol–water partition coefficient (Wildman–Crippen LogP) is 2.75. The zero-order chi connectivity index (χ0) is 16.7. The molecule has 0 bridgehead atoms. The van der Waals surface area contributed by atoms with E-state index in [0.717, 1.165) is 36.3 Å². The molecular weight excluding hydrogens is 326 g/mol. The number of nitrogens with zero attached hydrogens (tertiary/aromatic N) is 4. The molecule has 2 aromatic rings. The maximum absolute atomic E-state index is 13.3. The van der Waals surface area contributed by atoms with Crippen LogP contribution in [0.25, 0.3) is 0 Å². The molecule has 0 spiro atoms. The lowest BCUT2D eigenvalue weighted by Crippen LogP contribution is -2.53. The van der Waals surface area contributed by atoms with Gasteiger partial charge in [0.2, 0.25) is 0 Å². The number of benzene rings is 1. The maximum atomic E-state index is 13.3. The van der Waals surface area contributed by atoms with E-state index < -0.39 is 0 Å². The van der Waals surface area contributed by atoms with Crippen LogP contribution in [-0.2, 0) is 6.54 Å². The van der Waals surface area contributed by atoms with Crippen molar-refractivity contribution >= 4 is 29.1 Å². The third-order valence-electron chi connectivity index (χ3n) is 4.62. The second-order valence-electron chi connectivity index (χ2n) is 6.16. The van der Waals surface area contributed by atoms with E-state index in [2.05, 4.69) is 15.3 Å². The van der Waals surface area contributed by atoms with Crippen molar-refractivity contribution in [3.05, 3.63) is 46.9 Å². The average molecular weight is 344 g/mol. The van der Waals surface area contributed by atoms with E-state index in [1.165, 1.54) is 6.33 Å². The van der Waals surface area contributed by atoms with Crippen LogP contribution >= 0.6 is 11.6 Å². The third kappa shape index (κ3) is 2.42. The van der Waals surface area contributed by atoms with Crippen LogP contribution in [0, 0.1) is 6.92 Å². The van der Waals surface area contributed by atoms with E-state index in [0.29, 0.717) is 17.4 Å². The highest BCUT2D eigenvalue weighted by Gasteiger charge is 2.38. The van der Waals surface area contributed by atoms with Gasteiger partial charge in [0.15, 0.2) is 0 Å². The van der Waals surface area contributed by atoms with Crippen molar-refractivity contribution in [2.75, 3.05) is 22.9 Å². The van der Waals surface area contributed by atoms with Gasteiger partial charge in [-0.3, -0.25) is 9.80 Å². The van der Waals surface area contributed by atoms with Gasteiger partial charge in [0.1, 0.15) is 12.1 Å². The number of anilines is 2. The summed E-state index contributed by atoms with van der Waals surface area (Å²) in [4.78, 5) is 25.3. The number of hydrogen-bond acceptors (Lipinski definition) is 4. The number of fused-ring (bicyclic) bond motifs is 1. The Labute approximate surface area is 145 Å². The van der Waals surface area contributed by atoms with Crippen molar-refractivity contribution in [1.82, 2.24) is 15.3 Å². The monoisotopic (exact) mass is 343 g/mol. The van der Waals surface area contributed by atoms with Crippen LogP contribution in [-0.4, -0.2) is 35.1 Å². The third-order valence-corrected chi connectivity index (χ3v) is 4.92. The number of carbonyl (C=O) groups excluding carboxylic acids is 1. The van der Waals surface area contributed by atoms with Crippen LogP contribution in [0.2, 0.25) is 5.02 Å². The van der Waals surface area contributed by atoms with Crippen LogP contribution in [0.5, 0.6) is 0 Å². The molecule has 7 heteroatoms. The van der Waals surface area contributed by atoms with Gasteiger partial charge in [0.25, 0.3) is 0 Å². The maximum Gasteiger partial charge on any atom is 0.330 e. The Bertz CT molecular complexity index is 770. The zero-order valence-corrected chi connectivity index (χ0v) is 14.1. The number of carbonyl (C=O) groups is 1. The van der Waals surface area contributed by atoms with Crippen molar-refractivity contribution in [1.29, 1.82) is 0 Å². The summed E-state index contributed by atoms with van der Waals surface area (Å²) in [7, 11) is 0. The normalized spacial score (nSPS) is 20.4. The smallest absolute Gasteiger partial charge is 0.315 e. The highest BCUT2D eigenvalue weighted by molar-refractivity contribution is 6.34. The molecular formula is C17H18ClN5O. The Morgan fingerprint density at radius 3 is 3.00 bits per heavy atom. The first-order chi connectivity index (χ1) is 11.7. The quantitative estimate of drug-likeness (QED) is 0.910. The predicted molar refractivity (Wildman–Crippen MR) is 93.6 cm³/mol. The first-order valence-electron chi connectivity index (χ1n) is 8.02. The molecule has 2 amide bonds. The molecule has 1 aromatic carbocycles. The second-order valence-corrected chi connectivity index (χ2v) is 6.57. The lowest BCUT2D eigenvalue weighted by atomic mass is 10.1. The van der Waals surface area contributed by atoms with Gasteiger partial charge in [-0.25, -0.2) is 14.8 Å². The fourth-order valence-electron chi connectivity index (χ4n) is 3.47. The van der Waals surface area contributed by atoms with Crippen molar-refractivity contribution in [2.45, 2.75) is 25.9 Å². The molecule has 0 aliphatic carbocycles. The number of para-hydroxylation sites is 1. The Hall–Kier alpha value is -2.18. The van der Waals surface area contributed by atoms with Gasteiger partial charge >= 0.3 is 6.03 Å². The summed E-state index contributed by atoms with van der Waals surface area (Å²) in [6.45, 7) is 4.06. The first kappa shape index (κ1) is 15.4. The molecule has 1 atom stereocenters. The van der Waals surface area contributed by atoms with E-state index in [-0.39, 0.29) is 12.1 Å². The van der Waals surface area contributed by atoms with Gasteiger partial charge < -0.3 is 5.32 Å².